The van der Waals surface area contributed by atoms with Crippen molar-refractivity contribution < 1.29 is 23.1 Å². The zero-order valence-electron chi connectivity index (χ0n) is 13.1. The summed E-state index contributed by atoms with van der Waals surface area (Å²) in [6, 6.07) is 6.43. The first kappa shape index (κ1) is 18.3. The third-order valence-corrected chi connectivity index (χ3v) is 5.39. The zero-order valence-corrected chi connectivity index (χ0v) is 14.7. The molecule has 0 spiro atoms. The van der Waals surface area contributed by atoms with Crippen molar-refractivity contribution in [1.29, 1.82) is 0 Å². The summed E-state index contributed by atoms with van der Waals surface area (Å²) in [5, 5.41) is 12.2. The lowest BCUT2D eigenvalue weighted by molar-refractivity contribution is -0.141. The number of carbonyl (C=O) groups excluding carboxylic acids is 1. The molecule has 0 aliphatic carbocycles. The molecule has 0 aliphatic heterocycles. The van der Waals surface area contributed by atoms with E-state index in [0.717, 1.165) is 21.5 Å². The van der Waals surface area contributed by atoms with E-state index in [-0.39, 0.29) is 18.6 Å². The highest BCUT2D eigenvalue weighted by Crippen LogP contribution is 2.22. The fourth-order valence-corrected chi connectivity index (χ4v) is 3.73. The van der Waals surface area contributed by atoms with Crippen LogP contribution in [0.5, 0.6) is 0 Å². The predicted octanol–water partition coefficient (Wildman–Crippen LogP) is 1.23. The molecule has 2 rings (SSSR count). The number of carboxylic acid groups (broad SMARTS) is 1. The van der Waals surface area contributed by atoms with Crippen LogP contribution in [0.25, 0.3) is 10.2 Å². The molecule has 1 amide bonds. The lowest BCUT2D eigenvalue weighted by Crippen LogP contribution is -2.42. The molecule has 1 aromatic heterocycles. The maximum Gasteiger partial charge on any atom is 0.326 e. The van der Waals surface area contributed by atoms with Gasteiger partial charge in [-0.1, -0.05) is 12.1 Å². The van der Waals surface area contributed by atoms with Crippen molar-refractivity contribution >= 4 is 43.3 Å². The number of fused-ring (bicyclic) bond motifs is 1. The molecule has 1 aromatic carbocycles. The van der Waals surface area contributed by atoms with Gasteiger partial charge in [0, 0.05) is 19.1 Å². The number of carbonyl (C=O) groups is 2. The van der Waals surface area contributed by atoms with E-state index in [1.807, 2.05) is 24.3 Å². The first-order chi connectivity index (χ1) is 11.2. The van der Waals surface area contributed by atoms with Crippen LogP contribution in [-0.2, 0) is 25.8 Å². The lowest BCUT2D eigenvalue weighted by atomic mass is 10.2. The van der Waals surface area contributed by atoms with E-state index in [4.69, 9.17) is 5.11 Å². The standard InChI is InChI=1S/C15H18N2O5S2/c1-24(21,22)9-8-11(15(19)20)16-13(18)6-7-14-17-10-4-2-3-5-12(10)23-14/h2-5,11H,6-9H2,1H3,(H,16,18)(H,19,20). The molecule has 0 saturated heterocycles. The van der Waals surface area contributed by atoms with Gasteiger partial charge in [-0.15, -0.1) is 11.3 Å². The molecule has 0 radical (unpaired) electrons. The number of amides is 1. The van der Waals surface area contributed by atoms with Gasteiger partial charge in [-0.3, -0.25) is 4.79 Å². The number of aromatic nitrogens is 1. The average Bonchev–Trinajstić information content (AvgIpc) is 2.91. The Morgan fingerprint density at radius 2 is 2.04 bits per heavy atom. The molecule has 9 heteroatoms. The highest BCUT2D eigenvalue weighted by atomic mass is 32.2. The summed E-state index contributed by atoms with van der Waals surface area (Å²) in [5.41, 5.74) is 0.870. The molecule has 0 aliphatic rings. The fourth-order valence-electron chi connectivity index (χ4n) is 2.10. The third-order valence-electron chi connectivity index (χ3n) is 3.31. The van der Waals surface area contributed by atoms with Crippen LogP contribution in [0.15, 0.2) is 24.3 Å². The number of rotatable bonds is 8. The number of benzene rings is 1. The summed E-state index contributed by atoms with van der Waals surface area (Å²) < 4.78 is 23.3. The number of nitrogens with zero attached hydrogens (tertiary/aromatic N) is 1. The summed E-state index contributed by atoms with van der Waals surface area (Å²) in [6.45, 7) is 0. The normalized spacial score (nSPS) is 12.9. The molecule has 2 N–H and O–H groups in total. The summed E-state index contributed by atoms with van der Waals surface area (Å²) in [7, 11) is -3.28. The van der Waals surface area contributed by atoms with Crippen LogP contribution in [0, 0.1) is 0 Å². The number of aryl methyl sites for hydroxylation is 1. The molecule has 130 valence electrons. The maximum atomic E-state index is 11.9. The SMILES string of the molecule is CS(=O)(=O)CCC(NC(=O)CCc1nc2ccccc2s1)C(=O)O. The Hall–Kier alpha value is -2.00. The Morgan fingerprint density at radius 3 is 2.67 bits per heavy atom. The number of thiazole rings is 1. The van der Waals surface area contributed by atoms with Gasteiger partial charge < -0.3 is 10.4 Å². The molecular weight excluding hydrogens is 352 g/mol. The van der Waals surface area contributed by atoms with Crippen molar-refractivity contribution in [2.24, 2.45) is 0 Å². The van der Waals surface area contributed by atoms with Crippen molar-refractivity contribution in [1.82, 2.24) is 10.3 Å². The molecule has 2 aromatic rings. The summed E-state index contributed by atoms with van der Waals surface area (Å²) in [6.07, 6.45) is 1.38. The van der Waals surface area contributed by atoms with Crippen LogP contribution >= 0.6 is 11.3 Å². The Bertz CT molecular complexity index is 811. The molecule has 0 fully saturated rings. The second-order valence-corrected chi connectivity index (χ2v) is 8.83. The second-order valence-electron chi connectivity index (χ2n) is 5.45. The maximum absolute atomic E-state index is 11.9. The Kier molecular flexibility index (Phi) is 5.89. The molecule has 1 unspecified atom stereocenters. The number of sulfone groups is 1. The second kappa shape index (κ2) is 7.71. The molecule has 1 heterocycles. The molecule has 24 heavy (non-hydrogen) atoms. The summed E-state index contributed by atoms with van der Waals surface area (Å²) in [5.74, 6) is -1.97. The van der Waals surface area contributed by atoms with Gasteiger partial charge >= 0.3 is 5.97 Å². The van der Waals surface area contributed by atoms with Crippen molar-refractivity contribution in [3.63, 3.8) is 0 Å². The van der Waals surface area contributed by atoms with Crippen LogP contribution in [-0.4, -0.2) is 48.4 Å². The van der Waals surface area contributed by atoms with Gasteiger partial charge in [0.2, 0.25) is 5.91 Å². The average molecular weight is 370 g/mol. The fraction of sp³-hybridized carbons (Fsp3) is 0.400. The first-order valence-electron chi connectivity index (χ1n) is 7.29. The lowest BCUT2D eigenvalue weighted by Gasteiger charge is -2.13. The Labute approximate surface area is 143 Å². The molecular formula is C15H18N2O5S2. The van der Waals surface area contributed by atoms with Gasteiger partial charge in [0.1, 0.15) is 15.9 Å². The van der Waals surface area contributed by atoms with E-state index in [1.54, 1.807) is 0 Å². The van der Waals surface area contributed by atoms with E-state index < -0.39 is 27.8 Å². The number of nitrogens with one attached hydrogen (secondary N) is 1. The van der Waals surface area contributed by atoms with Crippen LogP contribution in [0.1, 0.15) is 17.8 Å². The van der Waals surface area contributed by atoms with Crippen LogP contribution in [0.2, 0.25) is 0 Å². The van der Waals surface area contributed by atoms with Gasteiger partial charge in [-0.25, -0.2) is 18.2 Å². The minimum Gasteiger partial charge on any atom is -0.480 e. The van der Waals surface area contributed by atoms with Gasteiger partial charge in [-0.05, 0) is 18.6 Å². The highest BCUT2D eigenvalue weighted by Gasteiger charge is 2.21. The topological polar surface area (TPSA) is 113 Å². The molecule has 0 saturated carbocycles. The third kappa shape index (κ3) is 5.57. The molecule has 7 nitrogen and oxygen atoms in total. The van der Waals surface area contributed by atoms with Crippen LogP contribution in [0.4, 0.5) is 0 Å². The monoisotopic (exact) mass is 370 g/mol. The van der Waals surface area contributed by atoms with Crippen molar-refractivity contribution in [3.8, 4) is 0 Å². The number of carboxylic acids is 1. The predicted molar refractivity (Wildman–Crippen MR) is 91.8 cm³/mol. The van der Waals surface area contributed by atoms with Crippen LogP contribution in [0.3, 0.4) is 0 Å². The van der Waals surface area contributed by atoms with E-state index in [2.05, 4.69) is 10.3 Å². The van der Waals surface area contributed by atoms with E-state index in [1.165, 1.54) is 11.3 Å². The van der Waals surface area contributed by atoms with Crippen molar-refractivity contribution in [2.75, 3.05) is 12.0 Å². The minimum absolute atomic E-state index is 0.0997. The smallest absolute Gasteiger partial charge is 0.326 e. The minimum atomic E-state index is -3.28. The highest BCUT2D eigenvalue weighted by molar-refractivity contribution is 7.90. The number of aliphatic carboxylic acids is 1. The number of para-hydroxylation sites is 1. The Balaban J connectivity index is 1.89. The quantitative estimate of drug-likeness (QED) is 0.722. The van der Waals surface area contributed by atoms with Crippen molar-refractivity contribution in [3.05, 3.63) is 29.3 Å². The van der Waals surface area contributed by atoms with E-state index in [9.17, 15) is 18.0 Å². The number of hydrogen-bond donors (Lipinski definition) is 2. The largest absolute Gasteiger partial charge is 0.480 e. The first-order valence-corrected chi connectivity index (χ1v) is 10.2. The van der Waals surface area contributed by atoms with Crippen molar-refractivity contribution in [2.45, 2.75) is 25.3 Å². The van der Waals surface area contributed by atoms with E-state index >= 15 is 0 Å². The van der Waals surface area contributed by atoms with E-state index in [0.29, 0.717) is 6.42 Å². The summed E-state index contributed by atoms with van der Waals surface area (Å²) >= 11 is 1.49. The Morgan fingerprint density at radius 1 is 1.33 bits per heavy atom. The molecule has 1 atom stereocenters. The van der Waals surface area contributed by atoms with Gasteiger partial charge in [0.25, 0.3) is 0 Å². The molecule has 0 bridgehead atoms. The summed E-state index contributed by atoms with van der Waals surface area (Å²) in [4.78, 5) is 27.5. The van der Waals surface area contributed by atoms with Crippen LogP contribution < -0.4 is 5.32 Å². The zero-order chi connectivity index (χ0) is 17.7. The van der Waals surface area contributed by atoms with Gasteiger partial charge in [0.15, 0.2) is 0 Å². The number of hydrogen-bond acceptors (Lipinski definition) is 6. The van der Waals surface area contributed by atoms with Gasteiger partial charge in [-0.2, -0.15) is 0 Å². The van der Waals surface area contributed by atoms with Gasteiger partial charge in [0.05, 0.1) is 21.0 Å².